The van der Waals surface area contributed by atoms with Crippen molar-refractivity contribution in [3.05, 3.63) is 66.7 Å². The van der Waals surface area contributed by atoms with Crippen molar-refractivity contribution >= 4 is 32.4 Å². The fourth-order valence-electron chi connectivity index (χ4n) is 2.45. The van der Waals surface area contributed by atoms with Gasteiger partial charge in [-0.15, -0.1) is 0 Å². The van der Waals surface area contributed by atoms with E-state index in [1.165, 1.54) is 31.3 Å². The number of hydrogen-bond donors (Lipinski definition) is 2. The minimum Gasteiger partial charge on any atom is -0.484 e. The predicted molar refractivity (Wildman–Crippen MR) is 101 cm³/mol. The van der Waals surface area contributed by atoms with Gasteiger partial charge < -0.3 is 10.1 Å². The molecule has 0 aliphatic rings. The Hall–Kier alpha value is -3.06. The maximum absolute atomic E-state index is 12.7. The number of ether oxygens (including phenoxy) is 1. The molecule has 0 atom stereocenters. The molecule has 0 aliphatic carbocycles. The first-order valence-electron chi connectivity index (χ1n) is 7.93. The zero-order chi connectivity index (χ0) is 18.6. The molecule has 2 N–H and O–H groups in total. The van der Waals surface area contributed by atoms with Gasteiger partial charge in [0.1, 0.15) is 5.75 Å². The van der Waals surface area contributed by atoms with Gasteiger partial charge in [-0.05, 0) is 35.7 Å². The number of benzene rings is 3. The first-order valence-corrected chi connectivity index (χ1v) is 9.42. The summed E-state index contributed by atoms with van der Waals surface area (Å²) in [5, 5.41) is 4.22. The average Bonchev–Trinajstić information content (AvgIpc) is 2.66. The highest BCUT2D eigenvalue weighted by Gasteiger charge is 2.15. The molecule has 0 saturated carbocycles. The summed E-state index contributed by atoms with van der Waals surface area (Å²) in [6.07, 6.45) is 0. The molecular weight excluding hydrogens is 352 g/mol. The van der Waals surface area contributed by atoms with Gasteiger partial charge in [-0.1, -0.05) is 36.4 Å². The highest BCUT2D eigenvalue weighted by Crippen LogP contribution is 2.26. The van der Waals surface area contributed by atoms with Crippen LogP contribution in [-0.4, -0.2) is 28.0 Å². The number of carbonyl (C=O) groups is 1. The van der Waals surface area contributed by atoms with Crippen LogP contribution in [0.5, 0.6) is 5.75 Å². The summed E-state index contributed by atoms with van der Waals surface area (Å²) in [5.41, 5.74) is 0.517. The van der Waals surface area contributed by atoms with Gasteiger partial charge in [0, 0.05) is 12.4 Å². The lowest BCUT2D eigenvalue weighted by Gasteiger charge is -2.11. The lowest BCUT2D eigenvalue weighted by molar-refractivity contribution is -0.122. The molecule has 0 bridgehead atoms. The van der Waals surface area contributed by atoms with E-state index in [4.69, 9.17) is 4.74 Å². The molecule has 0 saturated heterocycles. The number of sulfonamides is 1. The summed E-state index contributed by atoms with van der Waals surface area (Å²) in [7, 11) is -2.23. The Labute approximate surface area is 151 Å². The summed E-state index contributed by atoms with van der Waals surface area (Å²) in [6.45, 7) is -0.128. The molecule has 0 radical (unpaired) electrons. The van der Waals surface area contributed by atoms with Gasteiger partial charge in [0.05, 0.1) is 10.6 Å². The second kappa shape index (κ2) is 7.45. The molecule has 0 aliphatic heterocycles. The largest absolute Gasteiger partial charge is 0.484 e. The number of likely N-dealkylation sites (N-methyl/N-ethyl adjacent to an activating group) is 1. The van der Waals surface area contributed by atoms with Gasteiger partial charge in [0.15, 0.2) is 6.61 Å². The number of carbonyl (C=O) groups excluding carboxylic acids is 1. The van der Waals surface area contributed by atoms with Crippen LogP contribution in [0.15, 0.2) is 71.6 Å². The SMILES string of the molecule is CNC(=O)COc1ccc(S(=O)(=O)Nc2cccc3ccccc23)cc1. The van der Waals surface area contributed by atoms with Crippen LogP contribution in [-0.2, 0) is 14.8 Å². The Balaban J connectivity index is 1.80. The fraction of sp³-hybridized carbons (Fsp3) is 0.105. The molecule has 0 fully saturated rings. The van der Waals surface area contributed by atoms with Crippen molar-refractivity contribution in [3.63, 3.8) is 0 Å². The van der Waals surface area contributed by atoms with Crippen LogP contribution < -0.4 is 14.8 Å². The third-order valence-corrected chi connectivity index (χ3v) is 5.20. The van der Waals surface area contributed by atoms with Crippen molar-refractivity contribution in [3.8, 4) is 5.75 Å². The van der Waals surface area contributed by atoms with Gasteiger partial charge in [-0.25, -0.2) is 8.42 Å². The first kappa shape index (κ1) is 17.8. The lowest BCUT2D eigenvalue weighted by atomic mass is 10.1. The highest BCUT2D eigenvalue weighted by molar-refractivity contribution is 7.92. The maximum atomic E-state index is 12.7. The smallest absolute Gasteiger partial charge is 0.261 e. The monoisotopic (exact) mass is 370 g/mol. The molecule has 134 valence electrons. The Morgan fingerprint density at radius 1 is 0.962 bits per heavy atom. The second-order valence-electron chi connectivity index (χ2n) is 5.57. The third kappa shape index (κ3) is 3.94. The van der Waals surface area contributed by atoms with Crippen molar-refractivity contribution in [1.82, 2.24) is 5.32 Å². The molecule has 7 heteroatoms. The van der Waals surface area contributed by atoms with E-state index in [9.17, 15) is 13.2 Å². The molecule has 3 aromatic rings. The lowest BCUT2D eigenvalue weighted by Crippen LogP contribution is -2.24. The van der Waals surface area contributed by atoms with Crippen LogP contribution in [0.3, 0.4) is 0 Å². The van der Waals surface area contributed by atoms with E-state index in [1.54, 1.807) is 12.1 Å². The highest BCUT2D eigenvalue weighted by atomic mass is 32.2. The summed E-state index contributed by atoms with van der Waals surface area (Å²) in [6, 6.07) is 18.9. The van der Waals surface area contributed by atoms with Crippen molar-refractivity contribution in [1.29, 1.82) is 0 Å². The quantitative estimate of drug-likeness (QED) is 0.699. The van der Waals surface area contributed by atoms with Crippen molar-refractivity contribution in [2.75, 3.05) is 18.4 Å². The Bertz CT molecular complexity index is 1030. The minimum atomic E-state index is -3.74. The van der Waals surface area contributed by atoms with Crippen molar-refractivity contribution < 1.29 is 17.9 Å². The molecular formula is C19H18N2O4S. The normalized spacial score (nSPS) is 11.1. The number of hydrogen-bond acceptors (Lipinski definition) is 4. The van der Waals surface area contributed by atoms with Gasteiger partial charge in [-0.2, -0.15) is 0 Å². The number of fused-ring (bicyclic) bond motifs is 1. The van der Waals surface area contributed by atoms with Crippen LogP contribution in [0.2, 0.25) is 0 Å². The second-order valence-corrected chi connectivity index (χ2v) is 7.25. The average molecular weight is 370 g/mol. The Morgan fingerprint density at radius 2 is 1.65 bits per heavy atom. The van der Waals surface area contributed by atoms with Crippen molar-refractivity contribution in [2.24, 2.45) is 0 Å². The van der Waals surface area contributed by atoms with Crippen LogP contribution in [0.25, 0.3) is 10.8 Å². The van der Waals surface area contributed by atoms with Crippen LogP contribution in [0.4, 0.5) is 5.69 Å². The summed E-state index contributed by atoms with van der Waals surface area (Å²) in [5.74, 6) is 0.150. The summed E-state index contributed by atoms with van der Waals surface area (Å²) < 4.78 is 33.2. The molecule has 26 heavy (non-hydrogen) atoms. The van der Waals surface area contributed by atoms with Gasteiger partial charge in [0.2, 0.25) is 0 Å². The number of nitrogens with one attached hydrogen (secondary N) is 2. The molecule has 0 heterocycles. The molecule has 0 unspecified atom stereocenters. The van der Waals surface area contributed by atoms with Crippen LogP contribution >= 0.6 is 0 Å². The minimum absolute atomic E-state index is 0.109. The molecule has 3 aromatic carbocycles. The van der Waals surface area contributed by atoms with E-state index < -0.39 is 10.0 Å². The number of amides is 1. The molecule has 6 nitrogen and oxygen atoms in total. The Morgan fingerprint density at radius 3 is 2.38 bits per heavy atom. The fourth-order valence-corrected chi connectivity index (χ4v) is 3.53. The first-order chi connectivity index (χ1) is 12.5. The predicted octanol–water partition coefficient (Wildman–Crippen LogP) is 2.77. The van der Waals surface area contributed by atoms with Gasteiger partial charge in [0.25, 0.3) is 15.9 Å². The van der Waals surface area contributed by atoms with E-state index in [2.05, 4.69) is 10.0 Å². The number of rotatable bonds is 6. The van der Waals surface area contributed by atoms with Gasteiger partial charge >= 0.3 is 0 Å². The molecule has 1 amide bonds. The van der Waals surface area contributed by atoms with E-state index in [-0.39, 0.29) is 17.4 Å². The zero-order valence-electron chi connectivity index (χ0n) is 14.1. The summed E-state index contributed by atoms with van der Waals surface area (Å²) >= 11 is 0. The molecule has 3 rings (SSSR count). The maximum Gasteiger partial charge on any atom is 0.261 e. The van der Waals surface area contributed by atoms with Crippen LogP contribution in [0, 0.1) is 0 Å². The standard InChI is InChI=1S/C19H18N2O4S/c1-20-19(22)13-25-15-9-11-16(12-10-15)26(23,24)21-18-8-4-6-14-5-2-3-7-17(14)18/h2-12,21H,13H2,1H3,(H,20,22). The topological polar surface area (TPSA) is 84.5 Å². The van der Waals surface area contributed by atoms with E-state index in [0.717, 1.165) is 10.8 Å². The summed E-state index contributed by atoms with van der Waals surface area (Å²) in [4.78, 5) is 11.3. The molecule has 0 spiro atoms. The van der Waals surface area contributed by atoms with E-state index >= 15 is 0 Å². The third-order valence-electron chi connectivity index (χ3n) is 3.82. The van der Waals surface area contributed by atoms with Crippen molar-refractivity contribution in [2.45, 2.75) is 4.90 Å². The molecule has 0 aromatic heterocycles. The van der Waals surface area contributed by atoms with Crippen LogP contribution in [0.1, 0.15) is 0 Å². The zero-order valence-corrected chi connectivity index (χ0v) is 14.9. The van der Waals surface area contributed by atoms with Gasteiger partial charge in [-0.3, -0.25) is 9.52 Å². The van der Waals surface area contributed by atoms with E-state index in [1.807, 2.05) is 30.3 Å². The van der Waals surface area contributed by atoms with E-state index in [0.29, 0.717) is 11.4 Å². The number of anilines is 1. The Kier molecular flexibility index (Phi) is 5.09.